The van der Waals surface area contributed by atoms with Crippen LogP contribution in [0.1, 0.15) is 24.2 Å². The van der Waals surface area contributed by atoms with E-state index in [4.69, 9.17) is 4.74 Å². The van der Waals surface area contributed by atoms with Gasteiger partial charge in [0.2, 0.25) is 0 Å². The van der Waals surface area contributed by atoms with Crippen molar-refractivity contribution in [3.8, 4) is 0 Å². The number of imidazole rings is 1. The Morgan fingerprint density at radius 2 is 2.08 bits per heavy atom. The van der Waals surface area contributed by atoms with Gasteiger partial charge in [0.05, 0.1) is 19.3 Å². The molecule has 0 spiro atoms. The predicted octanol–water partition coefficient (Wildman–Crippen LogP) is 1.68. The second-order valence-electron chi connectivity index (χ2n) is 7.12. The molecule has 0 unspecified atom stereocenters. The molecule has 2 atom stereocenters. The van der Waals surface area contributed by atoms with Crippen molar-refractivity contribution in [2.45, 2.75) is 38.1 Å². The highest BCUT2D eigenvalue weighted by Gasteiger charge is 2.34. The summed E-state index contributed by atoms with van der Waals surface area (Å²) in [5.41, 5.74) is 1.29. The third-order valence-corrected chi connectivity index (χ3v) is 5.47. The zero-order chi connectivity index (χ0) is 17.1. The topological polar surface area (TPSA) is 46.4 Å². The summed E-state index contributed by atoms with van der Waals surface area (Å²) in [6, 6.07) is 4.69. The Morgan fingerprint density at radius 3 is 2.88 bits per heavy atom. The standard InChI is InChI=1S/C19H27N5O/c1-22-10-7-21-19(22)15-23-8-4-17-18(5-9-23)25-12-11-24(17)14-16-3-2-6-20-13-16/h2-3,6-7,10,13,17-18H,4-5,8-9,11-12,14-15H2,1H3/t17-,18+/m0/s1. The summed E-state index contributed by atoms with van der Waals surface area (Å²) in [5, 5.41) is 0. The molecule has 4 heterocycles. The van der Waals surface area contributed by atoms with Gasteiger partial charge in [-0.15, -0.1) is 0 Å². The van der Waals surface area contributed by atoms with Crippen LogP contribution in [-0.4, -0.2) is 62.7 Å². The molecule has 2 aromatic rings. The van der Waals surface area contributed by atoms with E-state index in [9.17, 15) is 0 Å². The van der Waals surface area contributed by atoms with Crippen molar-refractivity contribution in [1.29, 1.82) is 0 Å². The van der Waals surface area contributed by atoms with Gasteiger partial charge in [-0.2, -0.15) is 0 Å². The molecule has 0 amide bonds. The lowest BCUT2D eigenvalue weighted by Gasteiger charge is -2.40. The molecule has 0 saturated carbocycles. The first-order valence-electron chi connectivity index (χ1n) is 9.23. The maximum absolute atomic E-state index is 6.13. The zero-order valence-corrected chi connectivity index (χ0v) is 14.9. The number of pyridine rings is 1. The number of hydrogen-bond donors (Lipinski definition) is 0. The first-order chi connectivity index (χ1) is 12.3. The summed E-state index contributed by atoms with van der Waals surface area (Å²) >= 11 is 0. The van der Waals surface area contributed by atoms with Crippen LogP contribution in [0.5, 0.6) is 0 Å². The van der Waals surface area contributed by atoms with E-state index in [0.717, 1.165) is 58.0 Å². The van der Waals surface area contributed by atoms with Gasteiger partial charge < -0.3 is 9.30 Å². The van der Waals surface area contributed by atoms with Gasteiger partial charge in [0.25, 0.3) is 0 Å². The third kappa shape index (κ3) is 3.92. The maximum atomic E-state index is 6.13. The first kappa shape index (κ1) is 16.7. The van der Waals surface area contributed by atoms with Gasteiger partial charge in [-0.1, -0.05) is 6.07 Å². The number of fused-ring (bicyclic) bond motifs is 1. The lowest BCUT2D eigenvalue weighted by molar-refractivity contribution is -0.0747. The molecular formula is C19H27N5O. The Hall–Kier alpha value is -1.76. The second kappa shape index (κ2) is 7.64. The van der Waals surface area contributed by atoms with Crippen LogP contribution in [0, 0.1) is 0 Å². The lowest BCUT2D eigenvalue weighted by Crippen LogP contribution is -2.50. The van der Waals surface area contributed by atoms with E-state index in [2.05, 4.69) is 37.4 Å². The van der Waals surface area contributed by atoms with E-state index in [0.29, 0.717) is 12.1 Å². The Labute approximate surface area is 149 Å². The molecule has 0 bridgehead atoms. The van der Waals surface area contributed by atoms with Crippen molar-refractivity contribution in [2.24, 2.45) is 7.05 Å². The van der Waals surface area contributed by atoms with Crippen LogP contribution < -0.4 is 0 Å². The van der Waals surface area contributed by atoms with Gasteiger partial charge >= 0.3 is 0 Å². The van der Waals surface area contributed by atoms with E-state index < -0.39 is 0 Å². The highest BCUT2D eigenvalue weighted by Crippen LogP contribution is 2.25. The quantitative estimate of drug-likeness (QED) is 0.847. The molecule has 134 valence electrons. The van der Waals surface area contributed by atoms with Gasteiger partial charge in [0, 0.05) is 64.1 Å². The molecule has 25 heavy (non-hydrogen) atoms. The van der Waals surface area contributed by atoms with Crippen molar-refractivity contribution >= 4 is 0 Å². The van der Waals surface area contributed by atoms with E-state index in [1.54, 1.807) is 0 Å². The van der Waals surface area contributed by atoms with E-state index in [1.165, 1.54) is 5.56 Å². The van der Waals surface area contributed by atoms with Crippen LogP contribution in [0.15, 0.2) is 36.9 Å². The number of aryl methyl sites for hydroxylation is 1. The number of ether oxygens (including phenoxy) is 1. The smallest absolute Gasteiger partial charge is 0.122 e. The molecule has 0 aliphatic carbocycles. The third-order valence-electron chi connectivity index (χ3n) is 5.47. The number of hydrogen-bond acceptors (Lipinski definition) is 5. The summed E-state index contributed by atoms with van der Waals surface area (Å²) in [5.74, 6) is 1.14. The summed E-state index contributed by atoms with van der Waals surface area (Å²) < 4.78 is 8.25. The first-order valence-corrected chi connectivity index (χ1v) is 9.23. The highest BCUT2D eigenvalue weighted by molar-refractivity contribution is 5.09. The fourth-order valence-electron chi connectivity index (χ4n) is 4.04. The van der Waals surface area contributed by atoms with Crippen molar-refractivity contribution in [1.82, 2.24) is 24.3 Å². The molecule has 2 aromatic heterocycles. The van der Waals surface area contributed by atoms with Gasteiger partial charge in [0.1, 0.15) is 5.82 Å². The van der Waals surface area contributed by atoms with Gasteiger partial charge in [0.15, 0.2) is 0 Å². The minimum absolute atomic E-state index is 0.344. The molecule has 2 fully saturated rings. The fourth-order valence-corrected chi connectivity index (χ4v) is 4.04. The summed E-state index contributed by atoms with van der Waals surface area (Å²) in [7, 11) is 2.07. The largest absolute Gasteiger partial charge is 0.375 e. The van der Waals surface area contributed by atoms with Crippen molar-refractivity contribution < 1.29 is 4.74 Å². The number of aromatic nitrogens is 3. The van der Waals surface area contributed by atoms with E-state index in [1.807, 2.05) is 30.9 Å². The number of rotatable bonds is 4. The van der Waals surface area contributed by atoms with Gasteiger partial charge in [-0.3, -0.25) is 14.8 Å². The average Bonchev–Trinajstić information content (AvgIpc) is 2.91. The summed E-state index contributed by atoms with van der Waals surface area (Å²) in [6.45, 7) is 5.91. The van der Waals surface area contributed by atoms with E-state index in [-0.39, 0.29) is 0 Å². The molecule has 0 radical (unpaired) electrons. The number of morpholine rings is 1. The predicted molar refractivity (Wildman–Crippen MR) is 95.9 cm³/mol. The highest BCUT2D eigenvalue weighted by atomic mass is 16.5. The molecule has 2 aliphatic rings. The molecule has 6 nitrogen and oxygen atoms in total. The molecule has 0 aromatic carbocycles. The van der Waals surface area contributed by atoms with Crippen LogP contribution in [0.2, 0.25) is 0 Å². The molecule has 4 rings (SSSR count). The Morgan fingerprint density at radius 1 is 1.16 bits per heavy atom. The summed E-state index contributed by atoms with van der Waals surface area (Å²) in [6.07, 6.45) is 10.3. The number of likely N-dealkylation sites (tertiary alicyclic amines) is 1. The SMILES string of the molecule is Cn1ccnc1CN1CC[C@H]2OCCN(Cc3cccnc3)[C@H]2CC1. The average molecular weight is 341 g/mol. The maximum Gasteiger partial charge on any atom is 0.122 e. The Kier molecular flexibility index (Phi) is 5.10. The summed E-state index contributed by atoms with van der Waals surface area (Å²) in [4.78, 5) is 13.8. The minimum atomic E-state index is 0.344. The lowest BCUT2D eigenvalue weighted by atomic mass is 10.0. The monoisotopic (exact) mass is 341 g/mol. The molecule has 2 aliphatic heterocycles. The van der Waals surface area contributed by atoms with Crippen molar-refractivity contribution in [3.63, 3.8) is 0 Å². The molecular weight excluding hydrogens is 314 g/mol. The fraction of sp³-hybridized carbons (Fsp3) is 0.579. The minimum Gasteiger partial charge on any atom is -0.375 e. The normalized spacial score (nSPS) is 25.5. The molecule has 2 saturated heterocycles. The van der Waals surface area contributed by atoms with Crippen molar-refractivity contribution in [3.05, 3.63) is 48.3 Å². The van der Waals surface area contributed by atoms with Crippen molar-refractivity contribution in [2.75, 3.05) is 26.2 Å². The van der Waals surface area contributed by atoms with Crippen LogP contribution in [0.4, 0.5) is 0 Å². The Bertz CT molecular complexity index is 673. The van der Waals surface area contributed by atoms with E-state index >= 15 is 0 Å². The second-order valence-corrected chi connectivity index (χ2v) is 7.12. The van der Waals surface area contributed by atoms with Gasteiger partial charge in [-0.05, 0) is 24.5 Å². The van der Waals surface area contributed by atoms with Crippen LogP contribution in [0.3, 0.4) is 0 Å². The van der Waals surface area contributed by atoms with Gasteiger partial charge in [-0.25, -0.2) is 4.98 Å². The Balaban J connectivity index is 1.41. The van der Waals surface area contributed by atoms with Crippen LogP contribution >= 0.6 is 0 Å². The van der Waals surface area contributed by atoms with Crippen LogP contribution in [0.25, 0.3) is 0 Å². The van der Waals surface area contributed by atoms with Crippen LogP contribution in [-0.2, 0) is 24.9 Å². The molecule has 6 heteroatoms. The molecule has 0 N–H and O–H groups in total. The zero-order valence-electron chi connectivity index (χ0n) is 14.9. The number of nitrogens with zero attached hydrogens (tertiary/aromatic N) is 5.